The van der Waals surface area contributed by atoms with Gasteiger partial charge in [0, 0.05) is 43.9 Å². The number of halogens is 1. The van der Waals surface area contributed by atoms with Gasteiger partial charge in [0.1, 0.15) is 0 Å². The first-order valence-electron chi connectivity index (χ1n) is 9.48. The number of aromatic nitrogens is 2. The van der Waals surface area contributed by atoms with Gasteiger partial charge in [-0.1, -0.05) is 24.6 Å². The summed E-state index contributed by atoms with van der Waals surface area (Å²) in [6.45, 7) is 5.10. The van der Waals surface area contributed by atoms with Gasteiger partial charge in [-0.05, 0) is 38.4 Å². The smallest absolute Gasteiger partial charge is 0.221 e. The maximum atomic E-state index is 11.7. The Morgan fingerprint density at radius 2 is 2.07 bits per heavy atom. The SMILES string of the molecule is Cc1nn(-c2ccccc2)cc1CN1CCCCC1CNC(=O)CCN.Cl. The summed E-state index contributed by atoms with van der Waals surface area (Å²) in [7, 11) is 0. The lowest BCUT2D eigenvalue weighted by molar-refractivity contribution is -0.121. The molecule has 1 atom stereocenters. The predicted molar refractivity (Wildman–Crippen MR) is 110 cm³/mol. The normalized spacial score (nSPS) is 17.3. The summed E-state index contributed by atoms with van der Waals surface area (Å²) < 4.78 is 1.95. The summed E-state index contributed by atoms with van der Waals surface area (Å²) in [6, 6.07) is 10.6. The monoisotopic (exact) mass is 391 g/mol. The van der Waals surface area contributed by atoms with Crippen molar-refractivity contribution in [3.63, 3.8) is 0 Å². The Labute approximate surface area is 167 Å². The molecule has 1 aromatic heterocycles. The maximum Gasteiger partial charge on any atom is 0.221 e. The van der Waals surface area contributed by atoms with Crippen molar-refractivity contribution in [3.8, 4) is 5.69 Å². The molecule has 0 spiro atoms. The molecule has 0 radical (unpaired) electrons. The quantitative estimate of drug-likeness (QED) is 0.760. The third-order valence-corrected chi connectivity index (χ3v) is 5.05. The molecule has 148 valence electrons. The molecule has 6 nitrogen and oxygen atoms in total. The summed E-state index contributed by atoms with van der Waals surface area (Å²) in [5.74, 6) is 0.0473. The minimum Gasteiger partial charge on any atom is -0.354 e. The summed E-state index contributed by atoms with van der Waals surface area (Å²) in [5, 5.41) is 7.71. The van der Waals surface area contributed by atoms with Crippen LogP contribution in [0.4, 0.5) is 0 Å². The number of aryl methyl sites for hydroxylation is 1. The van der Waals surface area contributed by atoms with Crippen LogP contribution in [0.3, 0.4) is 0 Å². The number of carbonyl (C=O) groups excluding carboxylic acids is 1. The zero-order chi connectivity index (χ0) is 18.4. The number of amides is 1. The van der Waals surface area contributed by atoms with Crippen molar-refractivity contribution >= 4 is 18.3 Å². The minimum absolute atomic E-state index is 0. The molecule has 0 bridgehead atoms. The van der Waals surface area contributed by atoms with Crippen molar-refractivity contribution in [2.45, 2.75) is 45.2 Å². The van der Waals surface area contributed by atoms with Gasteiger partial charge >= 0.3 is 0 Å². The van der Waals surface area contributed by atoms with Crippen LogP contribution in [-0.2, 0) is 11.3 Å². The van der Waals surface area contributed by atoms with E-state index >= 15 is 0 Å². The van der Waals surface area contributed by atoms with Crippen LogP contribution < -0.4 is 11.1 Å². The van der Waals surface area contributed by atoms with Crippen molar-refractivity contribution in [1.82, 2.24) is 20.0 Å². The summed E-state index contributed by atoms with van der Waals surface area (Å²) >= 11 is 0. The van der Waals surface area contributed by atoms with E-state index in [1.165, 1.54) is 18.4 Å². The van der Waals surface area contributed by atoms with Gasteiger partial charge in [-0.15, -0.1) is 12.4 Å². The first-order chi connectivity index (χ1) is 12.7. The number of nitrogens with two attached hydrogens (primary N) is 1. The molecule has 0 aliphatic carbocycles. The largest absolute Gasteiger partial charge is 0.354 e. The molecule has 1 fully saturated rings. The zero-order valence-corrected chi connectivity index (χ0v) is 16.8. The van der Waals surface area contributed by atoms with Crippen LogP contribution in [0.2, 0.25) is 0 Å². The van der Waals surface area contributed by atoms with Crippen LogP contribution >= 0.6 is 12.4 Å². The number of hydrogen-bond acceptors (Lipinski definition) is 4. The highest BCUT2D eigenvalue weighted by Gasteiger charge is 2.24. The lowest BCUT2D eigenvalue weighted by Crippen LogP contribution is -2.46. The van der Waals surface area contributed by atoms with Crippen LogP contribution in [0.25, 0.3) is 5.69 Å². The highest BCUT2D eigenvalue weighted by Crippen LogP contribution is 2.21. The van der Waals surface area contributed by atoms with Crippen molar-refractivity contribution in [3.05, 3.63) is 47.8 Å². The minimum atomic E-state index is 0. The number of likely N-dealkylation sites (tertiary alicyclic amines) is 1. The van der Waals surface area contributed by atoms with E-state index in [1.54, 1.807) is 0 Å². The molecule has 1 aliphatic heterocycles. The van der Waals surface area contributed by atoms with Crippen LogP contribution in [0, 0.1) is 6.92 Å². The molecule has 2 heterocycles. The fraction of sp³-hybridized carbons (Fsp3) is 0.500. The molecule has 3 N–H and O–H groups in total. The number of piperidine rings is 1. The summed E-state index contributed by atoms with van der Waals surface area (Å²) in [4.78, 5) is 14.2. The maximum absolute atomic E-state index is 11.7. The van der Waals surface area contributed by atoms with E-state index in [0.29, 0.717) is 25.6 Å². The van der Waals surface area contributed by atoms with Gasteiger partial charge in [-0.3, -0.25) is 9.69 Å². The first kappa shape index (κ1) is 21.4. The number of rotatable bonds is 7. The van der Waals surface area contributed by atoms with E-state index in [-0.39, 0.29) is 18.3 Å². The molecule has 27 heavy (non-hydrogen) atoms. The second kappa shape index (κ2) is 10.4. The number of carbonyl (C=O) groups is 1. The number of nitrogens with zero attached hydrogens (tertiary/aromatic N) is 3. The molecule has 2 aromatic rings. The van der Waals surface area contributed by atoms with E-state index < -0.39 is 0 Å². The van der Waals surface area contributed by atoms with Crippen LogP contribution in [0.15, 0.2) is 36.5 Å². The number of nitrogens with one attached hydrogen (secondary N) is 1. The van der Waals surface area contributed by atoms with E-state index in [2.05, 4.69) is 40.6 Å². The average Bonchev–Trinajstić information content (AvgIpc) is 3.03. The Morgan fingerprint density at radius 3 is 2.81 bits per heavy atom. The zero-order valence-electron chi connectivity index (χ0n) is 15.9. The Bertz CT molecular complexity index is 718. The molecule has 1 unspecified atom stereocenters. The lowest BCUT2D eigenvalue weighted by atomic mass is 10.0. The van der Waals surface area contributed by atoms with Crippen molar-refractivity contribution in [2.24, 2.45) is 5.73 Å². The van der Waals surface area contributed by atoms with Crippen molar-refractivity contribution < 1.29 is 4.79 Å². The Balaban J connectivity index is 0.00000261. The van der Waals surface area contributed by atoms with E-state index in [4.69, 9.17) is 5.73 Å². The van der Waals surface area contributed by atoms with Gasteiger partial charge < -0.3 is 11.1 Å². The van der Waals surface area contributed by atoms with Crippen LogP contribution in [0.1, 0.15) is 36.9 Å². The van der Waals surface area contributed by atoms with E-state index in [9.17, 15) is 4.79 Å². The average molecular weight is 392 g/mol. The first-order valence-corrected chi connectivity index (χ1v) is 9.48. The molecule has 7 heteroatoms. The van der Waals surface area contributed by atoms with Gasteiger partial charge in [0.2, 0.25) is 5.91 Å². The lowest BCUT2D eigenvalue weighted by Gasteiger charge is -2.35. The predicted octanol–water partition coefficient (Wildman–Crippen LogP) is 2.42. The summed E-state index contributed by atoms with van der Waals surface area (Å²) in [6.07, 6.45) is 6.07. The molecule has 1 amide bonds. The highest BCUT2D eigenvalue weighted by atomic mass is 35.5. The van der Waals surface area contributed by atoms with E-state index in [1.807, 2.05) is 22.9 Å². The second-order valence-corrected chi connectivity index (χ2v) is 6.98. The molecule has 1 aromatic carbocycles. The Kier molecular flexibility index (Phi) is 8.28. The molecule has 1 aliphatic rings. The number of benzene rings is 1. The van der Waals surface area contributed by atoms with Gasteiger partial charge in [-0.2, -0.15) is 5.10 Å². The van der Waals surface area contributed by atoms with Crippen molar-refractivity contribution in [1.29, 1.82) is 0 Å². The van der Waals surface area contributed by atoms with Crippen LogP contribution in [-0.4, -0.2) is 46.3 Å². The molecule has 0 saturated carbocycles. The van der Waals surface area contributed by atoms with E-state index in [0.717, 1.165) is 30.9 Å². The van der Waals surface area contributed by atoms with Gasteiger partial charge in [0.15, 0.2) is 0 Å². The topological polar surface area (TPSA) is 76.2 Å². The van der Waals surface area contributed by atoms with Gasteiger partial charge in [-0.25, -0.2) is 4.68 Å². The molecule has 3 rings (SSSR count). The van der Waals surface area contributed by atoms with Gasteiger partial charge in [0.25, 0.3) is 0 Å². The Hall–Kier alpha value is -1.89. The summed E-state index contributed by atoms with van der Waals surface area (Å²) in [5.41, 5.74) is 8.83. The molecular formula is C20H30ClN5O. The van der Waals surface area contributed by atoms with Gasteiger partial charge in [0.05, 0.1) is 11.4 Å². The molecule has 1 saturated heterocycles. The highest BCUT2D eigenvalue weighted by molar-refractivity contribution is 5.85. The number of para-hydroxylation sites is 1. The fourth-order valence-corrected chi connectivity index (χ4v) is 3.53. The number of hydrogen-bond donors (Lipinski definition) is 2. The Morgan fingerprint density at radius 1 is 1.30 bits per heavy atom. The molecular weight excluding hydrogens is 362 g/mol. The second-order valence-electron chi connectivity index (χ2n) is 6.98. The van der Waals surface area contributed by atoms with Crippen molar-refractivity contribution in [2.75, 3.05) is 19.6 Å². The third kappa shape index (κ3) is 5.79. The fourth-order valence-electron chi connectivity index (χ4n) is 3.53. The standard InChI is InChI=1S/C20H29N5O.ClH/c1-16-17(15-25(23-16)18-7-3-2-4-8-18)14-24-12-6-5-9-19(24)13-22-20(26)10-11-21;/h2-4,7-8,15,19H,5-6,9-14,21H2,1H3,(H,22,26);1H. The van der Waals surface area contributed by atoms with Crippen LogP contribution in [0.5, 0.6) is 0 Å². The third-order valence-electron chi connectivity index (χ3n) is 5.05.